The van der Waals surface area contributed by atoms with Gasteiger partial charge in [-0.15, -0.1) is 0 Å². The molecule has 0 unspecified atom stereocenters. The highest BCUT2D eigenvalue weighted by atomic mass is 16.2. The summed E-state index contributed by atoms with van der Waals surface area (Å²) in [6, 6.07) is 10.2. The van der Waals surface area contributed by atoms with Crippen molar-refractivity contribution in [1.29, 1.82) is 0 Å². The fraction of sp³-hybridized carbons (Fsp3) is 0.294. The molecule has 0 saturated carbocycles. The average molecular weight is 297 g/mol. The van der Waals surface area contributed by atoms with Crippen molar-refractivity contribution in [2.45, 2.75) is 32.7 Å². The first-order chi connectivity index (χ1) is 10.6. The molecule has 0 amide bonds. The third-order valence-corrected chi connectivity index (χ3v) is 4.17. The highest BCUT2D eigenvalue weighted by Crippen LogP contribution is 2.28. The van der Waals surface area contributed by atoms with E-state index in [9.17, 15) is 9.59 Å². The first-order valence-electron chi connectivity index (χ1n) is 7.44. The van der Waals surface area contributed by atoms with E-state index < -0.39 is 5.69 Å². The van der Waals surface area contributed by atoms with Crippen molar-refractivity contribution in [3.8, 4) is 0 Å². The number of nitrogens with zero attached hydrogens (tertiary/aromatic N) is 1. The van der Waals surface area contributed by atoms with Gasteiger partial charge in [-0.2, -0.15) is 0 Å². The minimum Gasteiger partial charge on any atom is -0.364 e. The molecule has 22 heavy (non-hydrogen) atoms. The molecule has 1 aliphatic heterocycles. The molecular formula is C17H19N3O2. The van der Waals surface area contributed by atoms with Crippen LogP contribution in [0.2, 0.25) is 0 Å². The largest absolute Gasteiger partial charge is 0.364 e. The van der Waals surface area contributed by atoms with Gasteiger partial charge in [0.15, 0.2) is 0 Å². The van der Waals surface area contributed by atoms with Crippen LogP contribution in [0.25, 0.3) is 5.70 Å². The number of anilines is 1. The molecule has 0 spiro atoms. The zero-order chi connectivity index (χ0) is 15.7. The van der Waals surface area contributed by atoms with Gasteiger partial charge < -0.3 is 5.32 Å². The Labute approximate surface area is 128 Å². The van der Waals surface area contributed by atoms with Crippen molar-refractivity contribution in [1.82, 2.24) is 9.55 Å². The molecule has 5 heteroatoms. The maximum absolute atomic E-state index is 12.5. The Hall–Kier alpha value is -2.56. The fourth-order valence-electron chi connectivity index (χ4n) is 2.85. The van der Waals surface area contributed by atoms with Gasteiger partial charge in [-0.3, -0.25) is 9.78 Å². The minimum atomic E-state index is -0.402. The quantitative estimate of drug-likeness (QED) is 0.895. The summed E-state index contributed by atoms with van der Waals surface area (Å²) in [5.41, 5.74) is 1.81. The van der Waals surface area contributed by atoms with Gasteiger partial charge in [0, 0.05) is 5.70 Å². The fourth-order valence-corrected chi connectivity index (χ4v) is 2.85. The van der Waals surface area contributed by atoms with Crippen LogP contribution in [0, 0.1) is 0 Å². The van der Waals surface area contributed by atoms with Crippen LogP contribution in [0.5, 0.6) is 0 Å². The molecule has 0 saturated heterocycles. The van der Waals surface area contributed by atoms with Crippen LogP contribution >= 0.6 is 0 Å². The molecule has 114 valence electrons. The maximum Gasteiger partial charge on any atom is 0.334 e. The van der Waals surface area contributed by atoms with E-state index in [1.165, 1.54) is 4.57 Å². The highest BCUT2D eigenvalue weighted by molar-refractivity contribution is 5.51. The SMILES string of the molecule is C/C=C(\C)n1c(=O)[nH]c2c(c1=O)CC[C@H](c1ccccc1)N2. The van der Waals surface area contributed by atoms with Gasteiger partial charge in [-0.1, -0.05) is 36.4 Å². The van der Waals surface area contributed by atoms with Crippen molar-refractivity contribution < 1.29 is 0 Å². The van der Waals surface area contributed by atoms with E-state index in [-0.39, 0.29) is 11.6 Å². The number of aromatic amines is 1. The third-order valence-electron chi connectivity index (χ3n) is 4.17. The second-order valence-electron chi connectivity index (χ2n) is 5.50. The van der Waals surface area contributed by atoms with Crippen LogP contribution in [-0.2, 0) is 6.42 Å². The van der Waals surface area contributed by atoms with Crippen LogP contribution in [0.15, 0.2) is 46.0 Å². The molecule has 0 aliphatic carbocycles. The zero-order valence-corrected chi connectivity index (χ0v) is 12.7. The smallest absolute Gasteiger partial charge is 0.334 e. The summed E-state index contributed by atoms with van der Waals surface area (Å²) in [5, 5.41) is 3.29. The molecule has 1 aliphatic rings. The predicted octanol–water partition coefficient (Wildman–Crippen LogP) is 2.52. The second kappa shape index (κ2) is 5.67. The summed E-state index contributed by atoms with van der Waals surface area (Å²) < 4.78 is 1.20. The Balaban J connectivity index is 2.04. The number of rotatable bonds is 2. The van der Waals surface area contributed by atoms with Gasteiger partial charge >= 0.3 is 5.69 Å². The Kier molecular flexibility index (Phi) is 3.71. The number of fused-ring (bicyclic) bond motifs is 1. The Morgan fingerprint density at radius 2 is 2.00 bits per heavy atom. The van der Waals surface area contributed by atoms with Gasteiger partial charge in [0.05, 0.1) is 11.6 Å². The lowest BCUT2D eigenvalue weighted by Crippen LogP contribution is -2.39. The molecular weight excluding hydrogens is 278 g/mol. The standard InChI is InChI=1S/C17H19N3O2/c1-3-11(2)20-16(21)13-9-10-14(12-7-5-4-6-8-12)18-15(13)19-17(20)22/h3-8,14,18H,9-10H2,1-2H3,(H,19,22)/b11-3+/t14-/m1/s1. The van der Waals surface area contributed by atoms with E-state index in [2.05, 4.69) is 10.3 Å². The number of H-pyrrole nitrogens is 1. The van der Waals surface area contributed by atoms with Gasteiger partial charge in [0.1, 0.15) is 5.82 Å². The van der Waals surface area contributed by atoms with Crippen LogP contribution in [0.4, 0.5) is 5.82 Å². The molecule has 2 N–H and O–H groups in total. The summed E-state index contributed by atoms with van der Waals surface area (Å²) in [4.78, 5) is 27.5. The summed E-state index contributed by atoms with van der Waals surface area (Å²) in [7, 11) is 0. The van der Waals surface area contributed by atoms with Crippen molar-refractivity contribution in [2.24, 2.45) is 0 Å². The molecule has 1 aromatic heterocycles. The third kappa shape index (κ3) is 2.39. The lowest BCUT2D eigenvalue weighted by atomic mass is 9.96. The second-order valence-corrected chi connectivity index (χ2v) is 5.50. The molecule has 3 rings (SSSR count). The Morgan fingerprint density at radius 1 is 1.27 bits per heavy atom. The number of benzene rings is 1. The minimum absolute atomic E-state index is 0.113. The van der Waals surface area contributed by atoms with Gasteiger partial charge in [0.2, 0.25) is 0 Å². The first-order valence-corrected chi connectivity index (χ1v) is 7.44. The number of nitrogens with one attached hydrogen (secondary N) is 2. The van der Waals surface area contributed by atoms with Gasteiger partial charge in [-0.25, -0.2) is 9.36 Å². The summed E-state index contributed by atoms with van der Waals surface area (Å²) in [6.45, 7) is 3.57. The summed E-state index contributed by atoms with van der Waals surface area (Å²) in [5.74, 6) is 0.551. The van der Waals surface area contributed by atoms with E-state index in [0.29, 0.717) is 23.5 Å². The molecule has 1 aromatic carbocycles. The first kappa shape index (κ1) is 14.4. The molecule has 2 heterocycles. The van der Waals surface area contributed by atoms with Crippen molar-refractivity contribution >= 4 is 11.5 Å². The Morgan fingerprint density at radius 3 is 2.68 bits per heavy atom. The zero-order valence-electron chi connectivity index (χ0n) is 12.7. The van der Waals surface area contributed by atoms with Crippen molar-refractivity contribution in [2.75, 3.05) is 5.32 Å². The monoisotopic (exact) mass is 297 g/mol. The van der Waals surface area contributed by atoms with Crippen molar-refractivity contribution in [3.05, 3.63) is 68.4 Å². The van der Waals surface area contributed by atoms with Crippen LogP contribution < -0.4 is 16.6 Å². The Bertz CT molecular complexity index is 831. The highest BCUT2D eigenvalue weighted by Gasteiger charge is 2.24. The van der Waals surface area contributed by atoms with Gasteiger partial charge in [0.25, 0.3) is 5.56 Å². The van der Waals surface area contributed by atoms with Crippen LogP contribution in [0.1, 0.15) is 37.4 Å². The van der Waals surface area contributed by atoms with Crippen LogP contribution in [0.3, 0.4) is 0 Å². The molecule has 0 bridgehead atoms. The number of hydrogen-bond donors (Lipinski definition) is 2. The van der Waals surface area contributed by atoms with Crippen LogP contribution in [-0.4, -0.2) is 9.55 Å². The molecule has 1 atom stereocenters. The normalized spacial score (nSPS) is 17.7. The number of allylic oxidation sites excluding steroid dienone is 2. The van der Waals surface area contributed by atoms with E-state index in [4.69, 9.17) is 0 Å². The lowest BCUT2D eigenvalue weighted by molar-refractivity contribution is 0.644. The number of hydrogen-bond acceptors (Lipinski definition) is 3. The average Bonchev–Trinajstić information content (AvgIpc) is 2.55. The van der Waals surface area contributed by atoms with E-state index in [0.717, 1.165) is 12.0 Å². The molecule has 0 fully saturated rings. The predicted molar refractivity (Wildman–Crippen MR) is 88.1 cm³/mol. The molecule has 2 aromatic rings. The molecule has 5 nitrogen and oxygen atoms in total. The topological polar surface area (TPSA) is 66.9 Å². The number of aromatic nitrogens is 2. The van der Waals surface area contributed by atoms with Gasteiger partial charge in [-0.05, 0) is 32.3 Å². The molecule has 0 radical (unpaired) electrons. The summed E-state index contributed by atoms with van der Waals surface area (Å²) >= 11 is 0. The van der Waals surface area contributed by atoms with E-state index >= 15 is 0 Å². The van der Waals surface area contributed by atoms with Crippen molar-refractivity contribution in [3.63, 3.8) is 0 Å². The lowest BCUT2D eigenvalue weighted by Gasteiger charge is -2.27. The summed E-state index contributed by atoms with van der Waals surface area (Å²) in [6.07, 6.45) is 3.23. The van der Waals surface area contributed by atoms with E-state index in [1.54, 1.807) is 13.0 Å². The van der Waals surface area contributed by atoms with E-state index in [1.807, 2.05) is 37.3 Å². The maximum atomic E-state index is 12.5.